The summed E-state index contributed by atoms with van der Waals surface area (Å²) < 4.78 is 23.4. The number of aliphatic hydroxyl groups is 1. The van der Waals surface area contributed by atoms with Crippen molar-refractivity contribution in [2.45, 2.75) is 302 Å². The molecule has 0 aromatic heterocycles. The lowest BCUT2D eigenvalue weighted by Crippen LogP contribution is -2.46. The molecule has 418 valence electrons. The van der Waals surface area contributed by atoms with Crippen LogP contribution in [0, 0.1) is 0 Å². The zero-order valence-electron chi connectivity index (χ0n) is 47.7. The third kappa shape index (κ3) is 56.0. The maximum absolute atomic E-state index is 13.0. The Balaban J connectivity index is 4.00. The number of aliphatic hydroxyl groups excluding tert-OH is 1. The molecule has 0 spiro atoms. The molecule has 0 heterocycles. The van der Waals surface area contributed by atoms with Crippen molar-refractivity contribution in [3.63, 3.8) is 0 Å². The SMILES string of the molecule is CC/C=C\C/C=C\C/C=C\C/C=C\CCCCCCCCCCCCCCCCCCCCCCC(=O)NC(COP(=O)([O-])OCC[N+](C)(C)C)C(O)CCCCCCCCCCCCCCCCCC. The lowest BCUT2D eigenvalue weighted by atomic mass is 10.0. The van der Waals surface area contributed by atoms with Crippen LogP contribution in [-0.4, -0.2) is 68.5 Å². The van der Waals surface area contributed by atoms with Crippen LogP contribution in [0.15, 0.2) is 48.6 Å². The minimum Gasteiger partial charge on any atom is -0.756 e. The molecule has 0 rings (SSSR count). The second-order valence-electron chi connectivity index (χ2n) is 22.0. The van der Waals surface area contributed by atoms with Crippen LogP contribution in [0.5, 0.6) is 0 Å². The Kier molecular flexibility index (Phi) is 52.1. The lowest BCUT2D eigenvalue weighted by Gasteiger charge is -2.30. The summed E-state index contributed by atoms with van der Waals surface area (Å²) in [7, 11) is 1.31. The topological polar surface area (TPSA) is 108 Å². The number of unbranched alkanes of at least 4 members (excludes halogenated alkanes) is 35. The summed E-state index contributed by atoms with van der Waals surface area (Å²) in [5.41, 5.74) is 0. The summed E-state index contributed by atoms with van der Waals surface area (Å²) >= 11 is 0. The number of phosphoric acid groups is 1. The fourth-order valence-corrected chi connectivity index (χ4v) is 9.82. The molecule has 0 bridgehead atoms. The second-order valence-corrected chi connectivity index (χ2v) is 23.4. The summed E-state index contributed by atoms with van der Waals surface area (Å²) in [6.07, 6.45) is 70.1. The predicted molar refractivity (Wildman–Crippen MR) is 307 cm³/mol. The van der Waals surface area contributed by atoms with Crippen LogP contribution in [0.4, 0.5) is 0 Å². The number of carbonyl (C=O) groups excluding carboxylic acids is 1. The first-order chi connectivity index (χ1) is 34.5. The minimum absolute atomic E-state index is 0.0135. The molecular formula is C62H119N2O6P. The first-order valence-corrected chi connectivity index (χ1v) is 31.9. The van der Waals surface area contributed by atoms with Crippen molar-refractivity contribution in [2.24, 2.45) is 0 Å². The molecule has 0 saturated carbocycles. The van der Waals surface area contributed by atoms with Gasteiger partial charge in [0.05, 0.1) is 39.9 Å². The van der Waals surface area contributed by atoms with Gasteiger partial charge < -0.3 is 28.8 Å². The van der Waals surface area contributed by atoms with E-state index >= 15 is 0 Å². The molecule has 8 nitrogen and oxygen atoms in total. The predicted octanol–water partition coefficient (Wildman–Crippen LogP) is 18.1. The van der Waals surface area contributed by atoms with Crippen molar-refractivity contribution < 1.29 is 32.9 Å². The van der Waals surface area contributed by atoms with Crippen LogP contribution < -0.4 is 10.2 Å². The number of phosphoric ester groups is 1. The molecule has 9 heteroatoms. The number of nitrogens with one attached hydrogen (secondary N) is 1. The van der Waals surface area contributed by atoms with Crippen LogP contribution in [0.2, 0.25) is 0 Å². The third-order valence-corrected chi connectivity index (χ3v) is 14.8. The Morgan fingerprint density at radius 2 is 0.859 bits per heavy atom. The van der Waals surface area contributed by atoms with Gasteiger partial charge in [-0.2, -0.15) is 0 Å². The summed E-state index contributed by atoms with van der Waals surface area (Å²) in [6.45, 7) is 4.64. The van der Waals surface area contributed by atoms with Gasteiger partial charge in [0, 0.05) is 6.42 Å². The van der Waals surface area contributed by atoms with Gasteiger partial charge in [-0.1, -0.05) is 281 Å². The summed E-state index contributed by atoms with van der Waals surface area (Å²) in [5, 5.41) is 14.0. The van der Waals surface area contributed by atoms with Crippen molar-refractivity contribution in [3.8, 4) is 0 Å². The van der Waals surface area contributed by atoms with E-state index in [0.29, 0.717) is 23.9 Å². The second kappa shape index (κ2) is 53.3. The Labute approximate surface area is 441 Å². The van der Waals surface area contributed by atoms with Gasteiger partial charge in [0.15, 0.2) is 0 Å². The van der Waals surface area contributed by atoms with Crippen molar-refractivity contribution >= 4 is 13.7 Å². The van der Waals surface area contributed by atoms with Gasteiger partial charge in [-0.05, 0) is 51.4 Å². The minimum atomic E-state index is -4.57. The van der Waals surface area contributed by atoms with Gasteiger partial charge in [0.2, 0.25) is 5.91 Å². The maximum Gasteiger partial charge on any atom is 0.268 e. The van der Waals surface area contributed by atoms with E-state index in [-0.39, 0.29) is 19.1 Å². The van der Waals surface area contributed by atoms with Crippen molar-refractivity contribution in [1.29, 1.82) is 0 Å². The maximum atomic E-state index is 13.0. The molecule has 71 heavy (non-hydrogen) atoms. The highest BCUT2D eigenvalue weighted by molar-refractivity contribution is 7.45. The van der Waals surface area contributed by atoms with Gasteiger partial charge in [0.1, 0.15) is 13.2 Å². The number of amides is 1. The Hall–Kier alpha value is -1.54. The number of hydrogen-bond acceptors (Lipinski definition) is 6. The van der Waals surface area contributed by atoms with Crippen LogP contribution in [0.3, 0.4) is 0 Å². The van der Waals surface area contributed by atoms with Crippen molar-refractivity contribution in [2.75, 3.05) is 40.9 Å². The molecule has 2 N–H and O–H groups in total. The Morgan fingerprint density at radius 3 is 1.25 bits per heavy atom. The fourth-order valence-electron chi connectivity index (χ4n) is 9.09. The van der Waals surface area contributed by atoms with E-state index in [1.54, 1.807) is 0 Å². The number of rotatable bonds is 56. The van der Waals surface area contributed by atoms with Gasteiger partial charge in [-0.15, -0.1) is 0 Å². The molecule has 1 amide bonds. The van der Waals surface area contributed by atoms with Gasteiger partial charge in [-0.25, -0.2) is 0 Å². The van der Waals surface area contributed by atoms with Gasteiger partial charge in [-0.3, -0.25) is 9.36 Å². The lowest BCUT2D eigenvalue weighted by molar-refractivity contribution is -0.870. The van der Waals surface area contributed by atoms with Gasteiger partial charge >= 0.3 is 0 Å². The van der Waals surface area contributed by atoms with Crippen LogP contribution in [0.1, 0.15) is 290 Å². The van der Waals surface area contributed by atoms with Crippen LogP contribution >= 0.6 is 7.82 Å². The highest BCUT2D eigenvalue weighted by Crippen LogP contribution is 2.38. The average molecular weight is 1020 g/mol. The largest absolute Gasteiger partial charge is 0.756 e. The number of nitrogens with zero attached hydrogens (tertiary/aromatic N) is 1. The number of quaternary nitrogens is 1. The van der Waals surface area contributed by atoms with Crippen LogP contribution in [0.25, 0.3) is 0 Å². The molecule has 0 aliphatic carbocycles. The summed E-state index contributed by atoms with van der Waals surface area (Å²) in [6, 6.07) is -0.799. The number of carbonyl (C=O) groups is 1. The zero-order valence-corrected chi connectivity index (χ0v) is 48.6. The first-order valence-electron chi connectivity index (χ1n) is 30.5. The number of likely N-dealkylation sites (N-methyl/N-ethyl adjacent to an activating group) is 1. The molecule has 3 unspecified atom stereocenters. The van der Waals surface area contributed by atoms with E-state index in [4.69, 9.17) is 9.05 Å². The number of hydrogen-bond donors (Lipinski definition) is 2. The molecule has 3 atom stereocenters. The first kappa shape index (κ1) is 69.5. The van der Waals surface area contributed by atoms with Crippen molar-refractivity contribution in [1.82, 2.24) is 5.32 Å². The fraction of sp³-hybridized carbons (Fsp3) is 0.855. The van der Waals surface area contributed by atoms with Crippen LogP contribution in [-0.2, 0) is 18.4 Å². The van der Waals surface area contributed by atoms with E-state index in [1.165, 1.54) is 199 Å². The molecule has 0 saturated heterocycles. The summed E-state index contributed by atoms with van der Waals surface area (Å²) in [5.74, 6) is -0.160. The van der Waals surface area contributed by atoms with E-state index in [0.717, 1.165) is 64.2 Å². The Morgan fingerprint density at radius 1 is 0.507 bits per heavy atom. The average Bonchev–Trinajstić information content (AvgIpc) is 3.33. The molecular weight excluding hydrogens is 900 g/mol. The molecule has 0 aromatic carbocycles. The number of allylic oxidation sites excluding steroid dienone is 8. The third-order valence-electron chi connectivity index (χ3n) is 13.8. The monoisotopic (exact) mass is 1020 g/mol. The molecule has 0 aliphatic heterocycles. The molecule has 0 radical (unpaired) electrons. The smallest absolute Gasteiger partial charge is 0.268 e. The van der Waals surface area contributed by atoms with E-state index in [2.05, 4.69) is 67.8 Å². The zero-order chi connectivity index (χ0) is 52.0. The van der Waals surface area contributed by atoms with Crippen molar-refractivity contribution in [3.05, 3.63) is 48.6 Å². The van der Waals surface area contributed by atoms with Gasteiger partial charge in [0.25, 0.3) is 7.82 Å². The summed E-state index contributed by atoms with van der Waals surface area (Å²) in [4.78, 5) is 25.5. The molecule has 0 aromatic rings. The van der Waals surface area contributed by atoms with E-state index < -0.39 is 20.0 Å². The standard InChI is InChI=1S/C62H119N2O6P/c1-6-8-10-12-14-16-18-20-22-24-25-26-27-28-29-30-31-32-33-34-35-36-37-38-39-40-42-44-46-48-50-52-54-56-62(66)63-60(59-70-71(67,68)69-58-57-64(3,4)5)61(65)55-53-51-49-47-45-43-41-23-21-19-17-15-13-11-9-7-2/h8,10,14,16,20,22,25-26,60-61,65H,6-7,9,11-13,15,17-19,21,23-24,27-59H2,1-5H3,(H-,63,66,67,68)/b10-8-,16-14-,22-20-,26-25-. The molecule has 0 aliphatic rings. The van der Waals surface area contributed by atoms with E-state index in [9.17, 15) is 19.4 Å². The normalized spacial score (nSPS) is 14.2. The quantitative estimate of drug-likeness (QED) is 0.0272. The Bertz CT molecular complexity index is 1290. The van der Waals surface area contributed by atoms with E-state index in [1.807, 2.05) is 21.1 Å². The molecule has 0 fully saturated rings. The highest BCUT2D eigenvalue weighted by Gasteiger charge is 2.24. The highest BCUT2D eigenvalue weighted by atomic mass is 31.2.